The van der Waals surface area contributed by atoms with Crippen LogP contribution in [0.15, 0.2) is 53.4 Å². The number of nitrogens with zero attached hydrogens (tertiary/aromatic N) is 3. The molecule has 1 aliphatic rings. The van der Waals surface area contributed by atoms with Crippen LogP contribution in [0.4, 0.5) is 5.82 Å². The van der Waals surface area contributed by atoms with Gasteiger partial charge in [0.2, 0.25) is 0 Å². The zero-order chi connectivity index (χ0) is 16.5. The minimum Gasteiger partial charge on any atom is -0.360 e. The summed E-state index contributed by atoms with van der Waals surface area (Å²) in [5, 5.41) is 6.62. The standard InChI is InChI=1S/C18H16N4O2/c1-11-7-14(11)16-9-15(22-24-16)18(23)21-17-8-12(4-6-20-17)13-3-2-5-19-10-13/h2-6,8-11,14H,7H2,1H3,(H,20,21,23)/t11-,14+/m0/s1. The monoisotopic (exact) mass is 320 g/mol. The van der Waals surface area contributed by atoms with E-state index in [1.807, 2.05) is 18.2 Å². The third-order valence-electron chi connectivity index (χ3n) is 4.23. The lowest BCUT2D eigenvalue weighted by atomic mass is 10.1. The van der Waals surface area contributed by atoms with Gasteiger partial charge < -0.3 is 9.84 Å². The van der Waals surface area contributed by atoms with E-state index in [2.05, 4.69) is 27.4 Å². The van der Waals surface area contributed by atoms with Gasteiger partial charge in [-0.2, -0.15) is 0 Å². The lowest BCUT2D eigenvalue weighted by Gasteiger charge is -2.05. The van der Waals surface area contributed by atoms with Crippen LogP contribution in [0.25, 0.3) is 11.1 Å². The normalized spacial score (nSPS) is 19.0. The Labute approximate surface area is 138 Å². The molecule has 120 valence electrons. The van der Waals surface area contributed by atoms with Gasteiger partial charge in [0.05, 0.1) is 0 Å². The number of carbonyl (C=O) groups is 1. The number of carbonyl (C=O) groups excluding carboxylic acids is 1. The Bertz CT molecular complexity index is 875. The van der Waals surface area contributed by atoms with Crippen molar-refractivity contribution >= 4 is 11.7 Å². The third kappa shape index (κ3) is 2.90. The number of rotatable bonds is 4. The van der Waals surface area contributed by atoms with E-state index in [-0.39, 0.29) is 11.6 Å². The van der Waals surface area contributed by atoms with Crippen LogP contribution in [0.1, 0.15) is 35.5 Å². The predicted octanol–water partition coefficient (Wildman–Crippen LogP) is 3.51. The average molecular weight is 320 g/mol. The van der Waals surface area contributed by atoms with Gasteiger partial charge in [-0.1, -0.05) is 18.1 Å². The molecule has 0 aliphatic heterocycles. The average Bonchev–Trinajstić information content (AvgIpc) is 3.14. The molecule has 0 spiro atoms. The Morgan fingerprint density at radius 2 is 2.12 bits per heavy atom. The van der Waals surface area contributed by atoms with Crippen molar-refractivity contribution in [2.75, 3.05) is 5.32 Å². The minimum atomic E-state index is -0.325. The molecule has 1 saturated carbocycles. The summed E-state index contributed by atoms with van der Waals surface area (Å²) in [6.45, 7) is 2.15. The van der Waals surface area contributed by atoms with Crippen LogP contribution in [0.3, 0.4) is 0 Å². The van der Waals surface area contributed by atoms with E-state index in [4.69, 9.17) is 4.52 Å². The van der Waals surface area contributed by atoms with Crippen molar-refractivity contribution in [3.63, 3.8) is 0 Å². The largest absolute Gasteiger partial charge is 0.360 e. The second kappa shape index (κ2) is 5.88. The highest BCUT2D eigenvalue weighted by Gasteiger charge is 2.37. The van der Waals surface area contributed by atoms with E-state index in [1.165, 1.54) is 0 Å². The van der Waals surface area contributed by atoms with Crippen LogP contribution in [0, 0.1) is 5.92 Å². The number of amides is 1. The van der Waals surface area contributed by atoms with Crippen LogP contribution in [0.5, 0.6) is 0 Å². The molecule has 0 bridgehead atoms. The zero-order valence-corrected chi connectivity index (χ0v) is 13.1. The first kappa shape index (κ1) is 14.6. The van der Waals surface area contributed by atoms with E-state index in [0.29, 0.717) is 17.7 Å². The molecule has 6 heteroatoms. The van der Waals surface area contributed by atoms with Gasteiger partial charge in [0.15, 0.2) is 5.69 Å². The van der Waals surface area contributed by atoms with Gasteiger partial charge in [-0.3, -0.25) is 9.78 Å². The van der Waals surface area contributed by atoms with Crippen LogP contribution < -0.4 is 5.32 Å². The van der Waals surface area contributed by atoms with E-state index in [0.717, 1.165) is 23.3 Å². The fourth-order valence-corrected chi connectivity index (χ4v) is 2.68. The highest BCUT2D eigenvalue weighted by Crippen LogP contribution is 2.46. The first-order valence-corrected chi connectivity index (χ1v) is 7.85. The summed E-state index contributed by atoms with van der Waals surface area (Å²) in [5.74, 6) is 1.92. The molecular formula is C18H16N4O2. The molecule has 1 amide bonds. The molecule has 0 unspecified atom stereocenters. The molecule has 24 heavy (non-hydrogen) atoms. The Balaban J connectivity index is 1.51. The second-order valence-corrected chi connectivity index (χ2v) is 6.06. The first-order valence-electron chi connectivity index (χ1n) is 7.85. The highest BCUT2D eigenvalue weighted by molar-refractivity contribution is 6.02. The van der Waals surface area contributed by atoms with Gasteiger partial charge in [0, 0.05) is 36.1 Å². The molecule has 3 aromatic rings. The molecule has 3 aromatic heterocycles. The fraction of sp³-hybridized carbons (Fsp3) is 0.222. The van der Waals surface area contributed by atoms with Crippen LogP contribution in [0.2, 0.25) is 0 Å². The van der Waals surface area contributed by atoms with Crippen molar-refractivity contribution in [2.45, 2.75) is 19.3 Å². The van der Waals surface area contributed by atoms with Gasteiger partial charge in [0.25, 0.3) is 5.91 Å². The Morgan fingerprint density at radius 3 is 2.88 bits per heavy atom. The number of nitrogens with one attached hydrogen (secondary N) is 1. The van der Waals surface area contributed by atoms with Crippen LogP contribution >= 0.6 is 0 Å². The van der Waals surface area contributed by atoms with Crippen molar-refractivity contribution in [1.29, 1.82) is 0 Å². The Kier molecular flexibility index (Phi) is 3.57. The van der Waals surface area contributed by atoms with Gasteiger partial charge >= 0.3 is 0 Å². The summed E-state index contributed by atoms with van der Waals surface area (Å²) in [7, 11) is 0. The smallest absolute Gasteiger partial charge is 0.279 e. The molecule has 0 radical (unpaired) electrons. The maximum atomic E-state index is 12.3. The number of hydrogen-bond acceptors (Lipinski definition) is 5. The molecule has 1 fully saturated rings. The lowest BCUT2D eigenvalue weighted by molar-refractivity contribution is 0.101. The minimum absolute atomic E-state index is 0.276. The van der Waals surface area contributed by atoms with Gasteiger partial charge in [-0.15, -0.1) is 0 Å². The van der Waals surface area contributed by atoms with E-state index in [9.17, 15) is 4.79 Å². The lowest BCUT2D eigenvalue weighted by Crippen LogP contribution is -2.13. The van der Waals surface area contributed by atoms with E-state index < -0.39 is 0 Å². The molecule has 0 aromatic carbocycles. The Morgan fingerprint density at radius 1 is 1.25 bits per heavy atom. The maximum Gasteiger partial charge on any atom is 0.279 e. The highest BCUT2D eigenvalue weighted by atomic mass is 16.5. The zero-order valence-electron chi connectivity index (χ0n) is 13.1. The van der Waals surface area contributed by atoms with E-state index in [1.54, 1.807) is 30.7 Å². The molecular weight excluding hydrogens is 304 g/mol. The summed E-state index contributed by atoms with van der Waals surface area (Å²) in [5.41, 5.74) is 2.17. The summed E-state index contributed by atoms with van der Waals surface area (Å²) < 4.78 is 5.27. The first-order chi connectivity index (χ1) is 11.7. The van der Waals surface area contributed by atoms with Crippen molar-refractivity contribution < 1.29 is 9.32 Å². The summed E-state index contributed by atoms with van der Waals surface area (Å²) >= 11 is 0. The van der Waals surface area contributed by atoms with Crippen molar-refractivity contribution in [2.24, 2.45) is 5.92 Å². The van der Waals surface area contributed by atoms with Crippen LogP contribution in [-0.4, -0.2) is 21.0 Å². The summed E-state index contributed by atoms with van der Waals surface area (Å²) in [6.07, 6.45) is 6.22. The molecule has 3 heterocycles. The second-order valence-electron chi connectivity index (χ2n) is 6.06. The van der Waals surface area contributed by atoms with Crippen molar-refractivity contribution in [1.82, 2.24) is 15.1 Å². The number of hydrogen-bond donors (Lipinski definition) is 1. The van der Waals surface area contributed by atoms with Gasteiger partial charge in [0.1, 0.15) is 11.6 Å². The van der Waals surface area contributed by atoms with Gasteiger partial charge in [-0.25, -0.2) is 4.98 Å². The summed E-state index contributed by atoms with van der Waals surface area (Å²) in [4.78, 5) is 20.6. The fourth-order valence-electron chi connectivity index (χ4n) is 2.68. The Hall–Kier alpha value is -3.02. The quantitative estimate of drug-likeness (QED) is 0.795. The number of aromatic nitrogens is 3. The number of anilines is 1. The molecule has 6 nitrogen and oxygen atoms in total. The van der Waals surface area contributed by atoms with Crippen molar-refractivity contribution in [3.05, 3.63) is 60.4 Å². The third-order valence-corrected chi connectivity index (χ3v) is 4.23. The van der Waals surface area contributed by atoms with E-state index >= 15 is 0 Å². The molecule has 2 atom stereocenters. The number of pyridine rings is 2. The summed E-state index contributed by atoms with van der Waals surface area (Å²) in [6, 6.07) is 9.21. The van der Waals surface area contributed by atoms with Gasteiger partial charge in [-0.05, 0) is 36.1 Å². The maximum absolute atomic E-state index is 12.3. The molecule has 4 rings (SSSR count). The van der Waals surface area contributed by atoms with Crippen LogP contribution in [-0.2, 0) is 0 Å². The molecule has 0 saturated heterocycles. The topological polar surface area (TPSA) is 80.9 Å². The predicted molar refractivity (Wildman–Crippen MR) is 88.4 cm³/mol. The molecule has 1 aliphatic carbocycles. The van der Waals surface area contributed by atoms with Crippen molar-refractivity contribution in [3.8, 4) is 11.1 Å². The SMILES string of the molecule is C[C@H]1C[C@H]1c1cc(C(=O)Nc2cc(-c3cccnc3)ccn2)no1. The molecule has 1 N–H and O–H groups in total.